The van der Waals surface area contributed by atoms with Gasteiger partial charge in [0, 0.05) is 33.8 Å². The minimum atomic E-state index is -1.03. The molecule has 0 aliphatic heterocycles. The lowest BCUT2D eigenvalue weighted by Crippen LogP contribution is -2.23. The Morgan fingerprint density at radius 2 is 2.11 bits per heavy atom. The highest BCUT2D eigenvalue weighted by molar-refractivity contribution is 7.98. The van der Waals surface area contributed by atoms with E-state index in [0.29, 0.717) is 32.8 Å². The van der Waals surface area contributed by atoms with Gasteiger partial charge in [-0.15, -0.1) is 11.3 Å². The smallest absolute Gasteiger partial charge is 0.238 e. The summed E-state index contributed by atoms with van der Waals surface area (Å²) < 4.78 is 0. The maximum atomic E-state index is 10.0. The van der Waals surface area contributed by atoms with Crippen LogP contribution in [0.2, 0.25) is 5.02 Å². The molecule has 3 aromatic heterocycles. The van der Waals surface area contributed by atoms with Crippen LogP contribution in [0.15, 0.2) is 40.7 Å². The molecular formula is C24H20ClN7O2S2. The third kappa shape index (κ3) is 5.68. The van der Waals surface area contributed by atoms with Crippen LogP contribution >= 0.6 is 34.7 Å². The molecule has 0 aliphatic rings. The summed E-state index contributed by atoms with van der Waals surface area (Å²) in [5, 5.41) is 42.9. The van der Waals surface area contributed by atoms with E-state index in [0.717, 1.165) is 16.3 Å². The van der Waals surface area contributed by atoms with E-state index in [9.17, 15) is 15.5 Å². The summed E-state index contributed by atoms with van der Waals surface area (Å²) in [6, 6.07) is 11.4. The number of hydrogen-bond acceptors (Lipinski definition) is 9. The molecule has 1 aromatic carbocycles. The van der Waals surface area contributed by atoms with Gasteiger partial charge >= 0.3 is 0 Å². The standard InChI is InChI=1S/C24H20ClN7O2S2/c1-13-7-19(32-31-13)20-18(8-26)24(30-22(21(20)27-2)28-9-17(34)10-33)36-12-16-11-35-23(29-16)14-3-5-15(25)6-4-14/h3-7,11,17,33-34H,9-10,12H2,1H3,(H,28,30)(H,31,32)/t17-/m0/s1. The second-order valence-corrected chi connectivity index (χ2v) is 9.93. The van der Waals surface area contributed by atoms with Gasteiger partial charge < -0.3 is 15.5 Å². The van der Waals surface area contributed by atoms with Crippen molar-refractivity contribution in [3.8, 4) is 27.9 Å². The number of benzene rings is 1. The molecule has 0 radical (unpaired) electrons. The molecule has 0 saturated heterocycles. The van der Waals surface area contributed by atoms with Crippen LogP contribution in [0, 0.1) is 24.8 Å². The van der Waals surface area contributed by atoms with Crippen molar-refractivity contribution in [2.45, 2.75) is 23.8 Å². The van der Waals surface area contributed by atoms with Crippen molar-refractivity contribution in [2.24, 2.45) is 0 Å². The fraction of sp³-hybridized carbons (Fsp3) is 0.208. The van der Waals surface area contributed by atoms with Crippen LogP contribution < -0.4 is 5.32 Å². The van der Waals surface area contributed by atoms with Crippen molar-refractivity contribution in [1.82, 2.24) is 20.2 Å². The number of nitrogens with zero attached hydrogens (tertiary/aromatic N) is 5. The largest absolute Gasteiger partial charge is 0.394 e. The minimum absolute atomic E-state index is 0.0139. The van der Waals surface area contributed by atoms with E-state index in [-0.39, 0.29) is 23.6 Å². The SMILES string of the molecule is [C-]#[N+]c1c(NC[C@H](O)CO)nc(SCc2csc(-c3ccc(Cl)cc3)n2)c(C#N)c1-c1cc(C)n[nH]1. The number of anilines is 1. The molecule has 0 spiro atoms. The van der Waals surface area contributed by atoms with E-state index in [1.807, 2.05) is 29.6 Å². The van der Waals surface area contributed by atoms with Crippen molar-refractivity contribution in [1.29, 1.82) is 5.26 Å². The molecule has 0 bridgehead atoms. The zero-order valence-electron chi connectivity index (χ0n) is 19.0. The van der Waals surface area contributed by atoms with Crippen molar-refractivity contribution >= 4 is 46.2 Å². The number of hydrogen-bond donors (Lipinski definition) is 4. The number of aliphatic hydroxyl groups excluding tert-OH is 2. The molecule has 182 valence electrons. The van der Waals surface area contributed by atoms with Gasteiger partial charge in [-0.1, -0.05) is 35.5 Å². The number of aromatic nitrogens is 4. The Hall–Kier alpha value is -3.45. The van der Waals surface area contributed by atoms with E-state index < -0.39 is 12.7 Å². The zero-order chi connectivity index (χ0) is 25.7. The van der Waals surface area contributed by atoms with Gasteiger partial charge in [-0.05, 0) is 25.1 Å². The normalized spacial score (nSPS) is 11.6. The van der Waals surface area contributed by atoms with Gasteiger partial charge in [0.05, 0.1) is 41.9 Å². The maximum absolute atomic E-state index is 10.0. The number of aromatic amines is 1. The molecule has 4 rings (SSSR count). The first-order valence-electron chi connectivity index (χ1n) is 10.7. The number of nitriles is 1. The molecule has 9 nitrogen and oxygen atoms in total. The molecule has 0 aliphatic carbocycles. The lowest BCUT2D eigenvalue weighted by Gasteiger charge is -2.16. The summed E-state index contributed by atoms with van der Waals surface area (Å²) in [5.41, 5.74) is 3.76. The first kappa shape index (κ1) is 25.6. The van der Waals surface area contributed by atoms with Gasteiger partial charge in [-0.2, -0.15) is 10.4 Å². The Kier molecular flexibility index (Phi) is 8.21. The molecule has 12 heteroatoms. The lowest BCUT2D eigenvalue weighted by molar-refractivity contribution is 0.105. The van der Waals surface area contributed by atoms with Gasteiger partial charge in [-0.3, -0.25) is 5.10 Å². The average molecular weight is 538 g/mol. The Labute approximate surface area is 220 Å². The highest BCUT2D eigenvalue weighted by atomic mass is 35.5. The second-order valence-electron chi connectivity index (χ2n) is 7.67. The summed E-state index contributed by atoms with van der Waals surface area (Å²) in [6.45, 7) is 9.10. The highest BCUT2D eigenvalue weighted by Gasteiger charge is 2.24. The van der Waals surface area contributed by atoms with Crippen molar-refractivity contribution in [3.05, 3.63) is 69.1 Å². The number of nitrogens with one attached hydrogen (secondary N) is 2. The van der Waals surface area contributed by atoms with Gasteiger partial charge in [0.1, 0.15) is 21.9 Å². The van der Waals surface area contributed by atoms with Crippen LogP contribution in [0.1, 0.15) is 17.0 Å². The Balaban J connectivity index is 1.69. The molecule has 36 heavy (non-hydrogen) atoms. The van der Waals surface area contributed by atoms with E-state index in [2.05, 4.69) is 31.4 Å². The van der Waals surface area contributed by atoms with Gasteiger partial charge in [-0.25, -0.2) is 14.8 Å². The minimum Gasteiger partial charge on any atom is -0.394 e. The van der Waals surface area contributed by atoms with Gasteiger partial charge in [0.25, 0.3) is 0 Å². The number of H-pyrrole nitrogens is 1. The second kappa shape index (κ2) is 11.5. The first-order chi connectivity index (χ1) is 17.4. The summed E-state index contributed by atoms with van der Waals surface area (Å²) in [5.74, 6) is 0.657. The summed E-state index contributed by atoms with van der Waals surface area (Å²) in [7, 11) is 0. The van der Waals surface area contributed by atoms with Gasteiger partial charge in [0.2, 0.25) is 5.69 Å². The van der Waals surface area contributed by atoms with Crippen LogP contribution in [0.25, 0.3) is 26.7 Å². The summed E-state index contributed by atoms with van der Waals surface area (Å²) in [4.78, 5) is 12.9. The van der Waals surface area contributed by atoms with Crippen LogP contribution in [0.4, 0.5) is 11.5 Å². The maximum Gasteiger partial charge on any atom is 0.238 e. The van der Waals surface area contributed by atoms with Crippen molar-refractivity contribution < 1.29 is 10.2 Å². The van der Waals surface area contributed by atoms with E-state index in [4.69, 9.17) is 23.2 Å². The summed E-state index contributed by atoms with van der Waals surface area (Å²) >= 11 is 8.82. The third-order valence-electron chi connectivity index (χ3n) is 5.05. The van der Waals surface area contributed by atoms with Crippen LogP contribution in [-0.4, -0.2) is 49.6 Å². The predicted molar refractivity (Wildman–Crippen MR) is 141 cm³/mol. The van der Waals surface area contributed by atoms with E-state index in [1.54, 1.807) is 13.0 Å². The van der Waals surface area contributed by atoms with Crippen LogP contribution in [0.5, 0.6) is 0 Å². The molecule has 3 heterocycles. The number of halogens is 1. The molecule has 0 saturated carbocycles. The van der Waals surface area contributed by atoms with Gasteiger partial charge in [0.15, 0.2) is 0 Å². The molecular weight excluding hydrogens is 518 g/mol. The lowest BCUT2D eigenvalue weighted by atomic mass is 10.0. The molecule has 0 unspecified atom stereocenters. The Bertz CT molecular complexity index is 1450. The number of thiazole rings is 1. The monoisotopic (exact) mass is 537 g/mol. The average Bonchev–Trinajstić information content (AvgIpc) is 3.54. The van der Waals surface area contributed by atoms with Crippen LogP contribution in [0.3, 0.4) is 0 Å². The molecule has 0 fully saturated rings. The van der Waals surface area contributed by atoms with E-state index >= 15 is 0 Å². The fourth-order valence-electron chi connectivity index (χ4n) is 3.33. The molecule has 1 atom stereocenters. The number of rotatable bonds is 9. The third-order valence-corrected chi connectivity index (χ3v) is 7.25. The molecule has 4 aromatic rings. The Morgan fingerprint density at radius 1 is 1.33 bits per heavy atom. The first-order valence-corrected chi connectivity index (χ1v) is 12.9. The number of aliphatic hydroxyl groups is 2. The van der Waals surface area contributed by atoms with Crippen molar-refractivity contribution in [2.75, 3.05) is 18.5 Å². The molecule has 0 amide bonds. The highest BCUT2D eigenvalue weighted by Crippen LogP contribution is 2.42. The molecule has 4 N–H and O–H groups in total. The number of aryl methyl sites for hydroxylation is 1. The predicted octanol–water partition coefficient (Wildman–Crippen LogP) is 5.04. The van der Waals surface area contributed by atoms with Crippen molar-refractivity contribution in [3.63, 3.8) is 0 Å². The quantitative estimate of drug-likeness (QED) is 0.172. The van der Waals surface area contributed by atoms with E-state index in [1.165, 1.54) is 23.1 Å². The summed E-state index contributed by atoms with van der Waals surface area (Å²) in [6.07, 6.45) is -1.03. The van der Waals surface area contributed by atoms with Crippen LogP contribution in [-0.2, 0) is 5.75 Å². The number of pyridine rings is 1. The topological polar surface area (TPSA) is 135 Å². The fourth-order valence-corrected chi connectivity index (χ4v) is 5.26. The number of thioether (sulfide) groups is 1. The zero-order valence-corrected chi connectivity index (χ0v) is 21.4. The Morgan fingerprint density at radius 3 is 2.75 bits per heavy atom.